The van der Waals surface area contributed by atoms with Crippen LogP contribution < -0.4 is 0 Å². The van der Waals surface area contributed by atoms with Crippen LogP contribution in [-0.4, -0.2) is 24.9 Å². The van der Waals surface area contributed by atoms with E-state index in [1.165, 1.54) is 12.1 Å². The van der Waals surface area contributed by atoms with Crippen LogP contribution in [0.25, 0.3) is 45.9 Å². The normalized spacial score (nSPS) is 12.5. The maximum absolute atomic E-state index is 11.1. The number of non-ortho nitro benzene ring substituents is 1. The van der Waals surface area contributed by atoms with Gasteiger partial charge in [0.1, 0.15) is 0 Å². The lowest BCUT2D eigenvalue weighted by atomic mass is 10.0. The lowest BCUT2D eigenvalue weighted by Gasteiger charge is -2.01. The zero-order chi connectivity index (χ0) is 22.4. The number of aromatic amines is 2. The van der Waals surface area contributed by atoms with Crippen LogP contribution in [0, 0.1) is 10.1 Å². The average molecular weight is 431 g/mol. The number of fused-ring (bicyclic) bond motifs is 8. The Morgan fingerprint density at radius 2 is 1.21 bits per heavy atom. The molecule has 0 saturated carbocycles. The van der Waals surface area contributed by atoms with Gasteiger partial charge in [-0.1, -0.05) is 0 Å². The topological polar surface area (TPSA) is 100 Å². The van der Waals surface area contributed by atoms with Crippen molar-refractivity contribution < 1.29 is 4.92 Å². The second kappa shape index (κ2) is 7.42. The Labute approximate surface area is 188 Å². The molecular formula is C26H17N5O2. The smallest absolute Gasteiger partial charge is 0.269 e. The van der Waals surface area contributed by atoms with Crippen LogP contribution in [0.3, 0.4) is 0 Å². The molecule has 7 nitrogen and oxygen atoms in total. The van der Waals surface area contributed by atoms with Crippen LogP contribution in [0.5, 0.6) is 0 Å². The average Bonchev–Trinajstić information content (AvgIpc) is 3.59. The number of nitrogens with one attached hydrogen (secondary N) is 2. The van der Waals surface area contributed by atoms with Gasteiger partial charge in [0, 0.05) is 39.8 Å². The Balaban J connectivity index is 1.59. The van der Waals surface area contributed by atoms with E-state index >= 15 is 0 Å². The molecular weight excluding hydrogens is 414 g/mol. The van der Waals surface area contributed by atoms with E-state index in [9.17, 15) is 10.1 Å². The van der Waals surface area contributed by atoms with Crippen molar-refractivity contribution in [3.8, 4) is 0 Å². The third-order valence-electron chi connectivity index (χ3n) is 5.55. The Morgan fingerprint density at radius 1 is 0.667 bits per heavy atom. The third-order valence-corrected chi connectivity index (χ3v) is 5.55. The molecule has 0 radical (unpaired) electrons. The van der Waals surface area contributed by atoms with Crippen molar-refractivity contribution in [1.29, 1.82) is 0 Å². The highest BCUT2D eigenvalue weighted by Crippen LogP contribution is 2.30. The molecule has 0 atom stereocenters. The van der Waals surface area contributed by atoms with Crippen LogP contribution in [0.2, 0.25) is 0 Å². The molecule has 2 aliphatic rings. The van der Waals surface area contributed by atoms with Gasteiger partial charge in [0.25, 0.3) is 5.69 Å². The summed E-state index contributed by atoms with van der Waals surface area (Å²) in [6, 6.07) is 22.5. The summed E-state index contributed by atoms with van der Waals surface area (Å²) in [7, 11) is 0. The standard InChI is InChI=1S/C26H17N5O2/c32-31(33)24-9-1-16(2-10-24)25-14-23-13-21-6-5-19(28-21)11-17-3-4-18(27-17)12-20-7-8-22(29-20)15-26(25)30-23/h1-15,28-29H. The number of nitrogens with zero attached hydrogens (tertiary/aromatic N) is 3. The molecule has 1 aromatic carbocycles. The molecule has 0 amide bonds. The largest absolute Gasteiger partial charge is 0.355 e. The van der Waals surface area contributed by atoms with Crippen LogP contribution in [0.1, 0.15) is 28.3 Å². The Bertz CT molecular complexity index is 1640. The summed E-state index contributed by atoms with van der Waals surface area (Å²) in [4.78, 5) is 26.9. The van der Waals surface area contributed by atoms with Gasteiger partial charge in [-0.15, -0.1) is 0 Å². The Morgan fingerprint density at radius 3 is 1.79 bits per heavy atom. The molecule has 0 saturated heterocycles. The number of H-pyrrole nitrogens is 2. The molecule has 5 heterocycles. The highest BCUT2D eigenvalue weighted by atomic mass is 16.6. The summed E-state index contributed by atoms with van der Waals surface area (Å²) < 4.78 is 0. The first-order chi connectivity index (χ1) is 16.1. The van der Waals surface area contributed by atoms with Crippen molar-refractivity contribution in [3.05, 3.63) is 111 Å². The molecule has 4 aromatic rings. The van der Waals surface area contributed by atoms with Gasteiger partial charge in [0.15, 0.2) is 0 Å². The fourth-order valence-electron chi connectivity index (χ4n) is 4.01. The minimum absolute atomic E-state index is 0.0601. The molecule has 0 unspecified atom stereocenters. The lowest BCUT2D eigenvalue weighted by molar-refractivity contribution is -0.384. The first-order valence-corrected chi connectivity index (χ1v) is 10.4. The van der Waals surface area contributed by atoms with Crippen LogP contribution in [0.4, 0.5) is 5.69 Å². The number of nitro groups is 1. The summed E-state index contributed by atoms with van der Waals surface area (Å²) in [5.41, 5.74) is 8.88. The van der Waals surface area contributed by atoms with Crippen LogP contribution >= 0.6 is 0 Å². The summed E-state index contributed by atoms with van der Waals surface area (Å²) in [5.74, 6) is 0. The molecule has 6 rings (SSSR count). The number of benzene rings is 1. The highest BCUT2D eigenvalue weighted by Gasteiger charge is 2.14. The van der Waals surface area contributed by atoms with Crippen molar-refractivity contribution >= 4 is 51.6 Å². The number of aromatic nitrogens is 4. The zero-order valence-corrected chi connectivity index (χ0v) is 17.3. The van der Waals surface area contributed by atoms with Gasteiger partial charge in [-0.3, -0.25) is 10.1 Å². The second-order valence-corrected chi connectivity index (χ2v) is 7.89. The predicted octanol–water partition coefficient (Wildman–Crippen LogP) is 5.98. The summed E-state index contributed by atoms with van der Waals surface area (Å²) in [6.45, 7) is 0. The molecule has 2 N–H and O–H groups in total. The zero-order valence-electron chi connectivity index (χ0n) is 17.3. The van der Waals surface area contributed by atoms with Gasteiger partial charge in [0.05, 0.1) is 27.7 Å². The van der Waals surface area contributed by atoms with Gasteiger partial charge < -0.3 is 9.97 Å². The number of hydrogen-bond acceptors (Lipinski definition) is 4. The monoisotopic (exact) mass is 431 g/mol. The summed E-state index contributed by atoms with van der Waals surface area (Å²) >= 11 is 0. The van der Waals surface area contributed by atoms with E-state index in [1.54, 1.807) is 12.1 Å². The summed E-state index contributed by atoms with van der Waals surface area (Å²) in [6.07, 6.45) is 5.97. The van der Waals surface area contributed by atoms with Crippen molar-refractivity contribution in [1.82, 2.24) is 19.9 Å². The first-order valence-electron chi connectivity index (χ1n) is 10.4. The maximum atomic E-state index is 11.1. The molecule has 33 heavy (non-hydrogen) atoms. The van der Waals surface area contributed by atoms with E-state index in [0.717, 1.165) is 56.0 Å². The third kappa shape index (κ3) is 3.72. The number of hydrogen-bond donors (Lipinski definition) is 2. The molecule has 7 heteroatoms. The number of rotatable bonds is 2. The van der Waals surface area contributed by atoms with Gasteiger partial charge >= 0.3 is 0 Å². The quantitative estimate of drug-likeness (QED) is 0.260. The van der Waals surface area contributed by atoms with E-state index in [1.807, 2.05) is 66.8 Å². The van der Waals surface area contributed by atoms with E-state index in [0.29, 0.717) is 0 Å². The van der Waals surface area contributed by atoms with Gasteiger partial charge in [-0.25, -0.2) is 9.97 Å². The van der Waals surface area contributed by atoms with E-state index in [-0.39, 0.29) is 5.69 Å². The molecule has 158 valence electrons. The van der Waals surface area contributed by atoms with E-state index < -0.39 is 4.92 Å². The molecule has 0 aliphatic carbocycles. The minimum Gasteiger partial charge on any atom is -0.355 e. The highest BCUT2D eigenvalue weighted by molar-refractivity contribution is 5.93. The van der Waals surface area contributed by atoms with E-state index in [2.05, 4.69) is 15.0 Å². The van der Waals surface area contributed by atoms with E-state index in [4.69, 9.17) is 4.98 Å². The van der Waals surface area contributed by atoms with Crippen LogP contribution in [0.15, 0.2) is 72.8 Å². The molecule has 3 aromatic heterocycles. The molecule has 2 aliphatic heterocycles. The fourth-order valence-corrected chi connectivity index (χ4v) is 4.01. The van der Waals surface area contributed by atoms with Crippen molar-refractivity contribution in [2.75, 3.05) is 0 Å². The predicted molar refractivity (Wildman–Crippen MR) is 130 cm³/mol. The van der Waals surface area contributed by atoms with Crippen molar-refractivity contribution in [2.24, 2.45) is 0 Å². The van der Waals surface area contributed by atoms with Gasteiger partial charge in [0.2, 0.25) is 0 Å². The molecule has 0 spiro atoms. The fraction of sp³-hybridized carbons (Fsp3) is 0. The lowest BCUT2D eigenvalue weighted by Crippen LogP contribution is -1.89. The second-order valence-electron chi connectivity index (χ2n) is 7.89. The first kappa shape index (κ1) is 18.9. The van der Waals surface area contributed by atoms with Gasteiger partial charge in [-0.05, 0) is 84.5 Å². The SMILES string of the molecule is O=[N+]([O-])c1ccc(C2=Cc3cc4ccc(cc5nc(cc6ccc(cc2n3)[nH]6)C=C5)[nH]4)cc1. The molecule has 8 bridgehead atoms. The minimum atomic E-state index is -0.396. The number of nitro benzene ring substituents is 1. The van der Waals surface area contributed by atoms with Gasteiger partial charge in [-0.2, -0.15) is 0 Å². The Hall–Kier alpha value is -4.78. The molecule has 0 fully saturated rings. The maximum Gasteiger partial charge on any atom is 0.269 e. The summed E-state index contributed by atoms with van der Waals surface area (Å²) in [5, 5.41) is 11.1. The van der Waals surface area contributed by atoms with Crippen molar-refractivity contribution in [2.45, 2.75) is 0 Å². The van der Waals surface area contributed by atoms with Crippen LogP contribution in [-0.2, 0) is 0 Å². The van der Waals surface area contributed by atoms with Crippen molar-refractivity contribution in [3.63, 3.8) is 0 Å². The Kier molecular flexibility index (Phi) is 4.26.